The minimum absolute atomic E-state index is 0.00103. The van der Waals surface area contributed by atoms with Crippen molar-refractivity contribution in [2.24, 2.45) is 11.7 Å². The van der Waals surface area contributed by atoms with E-state index in [2.05, 4.69) is 5.32 Å². The van der Waals surface area contributed by atoms with Gasteiger partial charge in [-0.05, 0) is 38.3 Å². The first-order valence-corrected chi connectivity index (χ1v) is 8.47. The van der Waals surface area contributed by atoms with Gasteiger partial charge in [-0.15, -0.1) is 0 Å². The highest BCUT2D eigenvalue weighted by molar-refractivity contribution is 5.82. The number of hydrogen-bond acceptors (Lipinski definition) is 4. The first kappa shape index (κ1) is 18.3. The summed E-state index contributed by atoms with van der Waals surface area (Å²) in [6.07, 6.45) is 1.63. The van der Waals surface area contributed by atoms with Crippen LogP contribution in [0.25, 0.3) is 0 Å². The van der Waals surface area contributed by atoms with Gasteiger partial charge in [0.25, 0.3) is 5.91 Å². The van der Waals surface area contributed by atoms with Crippen molar-refractivity contribution in [1.29, 1.82) is 0 Å². The van der Waals surface area contributed by atoms with Crippen LogP contribution in [-0.2, 0) is 9.59 Å². The molecule has 6 nitrogen and oxygen atoms in total. The van der Waals surface area contributed by atoms with Crippen LogP contribution in [0, 0.1) is 19.8 Å². The summed E-state index contributed by atoms with van der Waals surface area (Å²) in [5, 5.41) is 2.80. The maximum absolute atomic E-state index is 12.4. The number of aryl methyl sites for hydroxylation is 2. The van der Waals surface area contributed by atoms with Gasteiger partial charge in [-0.2, -0.15) is 0 Å². The summed E-state index contributed by atoms with van der Waals surface area (Å²) in [6.45, 7) is 6.00. The largest absolute Gasteiger partial charge is 0.484 e. The summed E-state index contributed by atoms with van der Waals surface area (Å²) in [5.74, 6) is 0.470. The van der Waals surface area contributed by atoms with Crippen molar-refractivity contribution < 1.29 is 14.3 Å². The first-order valence-electron chi connectivity index (χ1n) is 8.47. The third-order valence-electron chi connectivity index (χ3n) is 4.27. The number of carbonyl (C=O) groups excluding carboxylic acids is 2. The Balaban J connectivity index is 1.86. The molecule has 1 aromatic rings. The third kappa shape index (κ3) is 4.96. The summed E-state index contributed by atoms with van der Waals surface area (Å²) in [6, 6.07) is 5.88. The Bertz CT molecular complexity index is 589. The SMILES string of the molecule is Cc1ccc(OCC(=O)N2CCCC(C(=O)NCCN)C2)c(C)c1. The van der Waals surface area contributed by atoms with E-state index < -0.39 is 0 Å². The Morgan fingerprint density at radius 1 is 1.38 bits per heavy atom. The van der Waals surface area contributed by atoms with Gasteiger partial charge in [-0.25, -0.2) is 0 Å². The quantitative estimate of drug-likeness (QED) is 0.813. The number of ether oxygens (including phenoxy) is 1. The molecule has 0 aromatic heterocycles. The number of piperidine rings is 1. The van der Waals surface area contributed by atoms with Crippen molar-refractivity contribution in [1.82, 2.24) is 10.2 Å². The third-order valence-corrected chi connectivity index (χ3v) is 4.27. The van der Waals surface area contributed by atoms with E-state index in [1.807, 2.05) is 32.0 Å². The van der Waals surface area contributed by atoms with Crippen LogP contribution >= 0.6 is 0 Å². The summed E-state index contributed by atoms with van der Waals surface area (Å²) in [7, 11) is 0. The van der Waals surface area contributed by atoms with E-state index in [9.17, 15) is 9.59 Å². The van der Waals surface area contributed by atoms with E-state index in [0.29, 0.717) is 26.2 Å². The van der Waals surface area contributed by atoms with Crippen molar-refractivity contribution in [2.75, 3.05) is 32.8 Å². The van der Waals surface area contributed by atoms with E-state index in [-0.39, 0.29) is 24.3 Å². The molecule has 1 aliphatic heterocycles. The zero-order chi connectivity index (χ0) is 17.5. The maximum atomic E-state index is 12.4. The van der Waals surface area contributed by atoms with Gasteiger partial charge >= 0.3 is 0 Å². The number of hydrogen-bond donors (Lipinski definition) is 2. The highest BCUT2D eigenvalue weighted by atomic mass is 16.5. The molecule has 1 heterocycles. The van der Waals surface area contributed by atoms with E-state index >= 15 is 0 Å². The molecule has 1 saturated heterocycles. The van der Waals surface area contributed by atoms with Gasteiger partial charge < -0.3 is 20.7 Å². The molecule has 1 unspecified atom stereocenters. The van der Waals surface area contributed by atoms with Crippen LogP contribution in [-0.4, -0.2) is 49.5 Å². The van der Waals surface area contributed by atoms with Crippen LogP contribution in [0.5, 0.6) is 5.75 Å². The predicted octanol–water partition coefficient (Wildman–Crippen LogP) is 0.996. The topological polar surface area (TPSA) is 84.7 Å². The van der Waals surface area contributed by atoms with Crippen LogP contribution in [0.1, 0.15) is 24.0 Å². The van der Waals surface area contributed by atoms with Crippen LogP contribution in [0.15, 0.2) is 18.2 Å². The second kappa shape index (κ2) is 8.68. The zero-order valence-electron chi connectivity index (χ0n) is 14.5. The van der Waals surface area contributed by atoms with Gasteiger partial charge in [0.2, 0.25) is 5.91 Å². The highest BCUT2D eigenvalue weighted by Crippen LogP contribution is 2.20. The minimum atomic E-state index is -0.157. The maximum Gasteiger partial charge on any atom is 0.260 e. The molecule has 0 aliphatic carbocycles. The number of rotatable bonds is 6. The Morgan fingerprint density at radius 2 is 2.17 bits per heavy atom. The predicted molar refractivity (Wildman–Crippen MR) is 92.8 cm³/mol. The molecule has 0 radical (unpaired) electrons. The van der Waals surface area contributed by atoms with Gasteiger partial charge in [0.15, 0.2) is 6.61 Å². The Morgan fingerprint density at radius 3 is 2.88 bits per heavy atom. The van der Waals surface area contributed by atoms with Gasteiger partial charge in [0, 0.05) is 26.2 Å². The number of carbonyl (C=O) groups is 2. The average molecular weight is 333 g/mol. The van der Waals surface area contributed by atoms with Crippen molar-refractivity contribution in [3.05, 3.63) is 29.3 Å². The standard InChI is InChI=1S/C18H27N3O3/c1-13-5-6-16(14(2)10-13)24-12-17(22)21-9-3-4-15(11-21)18(23)20-8-7-19/h5-6,10,15H,3-4,7-9,11-12,19H2,1-2H3,(H,20,23). The van der Waals surface area contributed by atoms with Crippen molar-refractivity contribution in [3.8, 4) is 5.75 Å². The van der Waals surface area contributed by atoms with E-state index in [4.69, 9.17) is 10.5 Å². The van der Waals surface area contributed by atoms with Gasteiger partial charge in [-0.1, -0.05) is 17.7 Å². The zero-order valence-corrected chi connectivity index (χ0v) is 14.5. The van der Waals surface area contributed by atoms with Crippen molar-refractivity contribution in [3.63, 3.8) is 0 Å². The molecule has 24 heavy (non-hydrogen) atoms. The monoisotopic (exact) mass is 333 g/mol. The van der Waals surface area contributed by atoms with E-state index in [1.165, 1.54) is 0 Å². The smallest absolute Gasteiger partial charge is 0.260 e. The Kier molecular flexibility index (Phi) is 6.61. The minimum Gasteiger partial charge on any atom is -0.484 e. The van der Waals surface area contributed by atoms with Crippen molar-refractivity contribution in [2.45, 2.75) is 26.7 Å². The van der Waals surface area contributed by atoms with Gasteiger partial charge in [0.05, 0.1) is 5.92 Å². The molecule has 3 N–H and O–H groups in total. The highest BCUT2D eigenvalue weighted by Gasteiger charge is 2.28. The molecule has 0 saturated carbocycles. The number of nitrogens with zero attached hydrogens (tertiary/aromatic N) is 1. The van der Waals surface area contributed by atoms with Crippen LogP contribution in [0.2, 0.25) is 0 Å². The fourth-order valence-electron chi connectivity index (χ4n) is 2.95. The van der Waals surface area contributed by atoms with E-state index in [0.717, 1.165) is 29.7 Å². The molecule has 2 amide bonds. The molecular weight excluding hydrogens is 306 g/mol. The molecule has 0 bridgehead atoms. The van der Waals surface area contributed by atoms with Crippen LogP contribution in [0.3, 0.4) is 0 Å². The molecule has 1 atom stereocenters. The van der Waals surface area contributed by atoms with Crippen LogP contribution < -0.4 is 15.8 Å². The Hall–Kier alpha value is -2.08. The van der Waals surface area contributed by atoms with Gasteiger partial charge in [-0.3, -0.25) is 9.59 Å². The number of likely N-dealkylation sites (tertiary alicyclic amines) is 1. The Labute approximate surface area is 143 Å². The molecular formula is C18H27N3O3. The number of amides is 2. The summed E-state index contributed by atoms with van der Waals surface area (Å²) in [4.78, 5) is 26.1. The fourth-order valence-corrected chi connectivity index (χ4v) is 2.95. The summed E-state index contributed by atoms with van der Waals surface area (Å²) >= 11 is 0. The summed E-state index contributed by atoms with van der Waals surface area (Å²) in [5.41, 5.74) is 7.58. The second-order valence-electron chi connectivity index (χ2n) is 6.32. The molecule has 1 aromatic carbocycles. The molecule has 0 spiro atoms. The first-order chi connectivity index (χ1) is 11.5. The molecule has 2 rings (SSSR count). The normalized spacial score (nSPS) is 17.5. The lowest BCUT2D eigenvalue weighted by Gasteiger charge is -2.32. The average Bonchev–Trinajstić information content (AvgIpc) is 2.58. The molecule has 6 heteroatoms. The van der Waals surface area contributed by atoms with Crippen molar-refractivity contribution >= 4 is 11.8 Å². The molecule has 1 fully saturated rings. The molecule has 132 valence electrons. The van der Waals surface area contributed by atoms with E-state index in [1.54, 1.807) is 4.90 Å². The lowest BCUT2D eigenvalue weighted by molar-refractivity contribution is -0.137. The fraction of sp³-hybridized carbons (Fsp3) is 0.556. The number of benzene rings is 1. The van der Waals surface area contributed by atoms with Gasteiger partial charge in [0.1, 0.15) is 5.75 Å². The lowest BCUT2D eigenvalue weighted by Crippen LogP contribution is -2.47. The molecule has 1 aliphatic rings. The van der Waals surface area contributed by atoms with Crippen LogP contribution in [0.4, 0.5) is 0 Å². The summed E-state index contributed by atoms with van der Waals surface area (Å²) < 4.78 is 5.66. The lowest BCUT2D eigenvalue weighted by atomic mass is 9.97. The second-order valence-corrected chi connectivity index (χ2v) is 6.32. The number of nitrogens with one attached hydrogen (secondary N) is 1. The number of nitrogens with two attached hydrogens (primary N) is 1.